The van der Waals surface area contributed by atoms with E-state index in [1.54, 1.807) is 41.4 Å². The summed E-state index contributed by atoms with van der Waals surface area (Å²) < 4.78 is 8.72. The fourth-order valence-corrected chi connectivity index (χ4v) is 5.14. The van der Waals surface area contributed by atoms with Gasteiger partial charge in [0.15, 0.2) is 5.65 Å². The molecular weight excluding hydrogens is 462 g/mol. The lowest BCUT2D eigenvalue weighted by Gasteiger charge is -2.37. The molecule has 192 valence electrons. The lowest BCUT2D eigenvalue weighted by molar-refractivity contribution is -0.00860. The first-order valence-corrected chi connectivity index (χ1v) is 12.5. The Morgan fingerprint density at radius 1 is 1.25 bits per heavy atom. The number of amides is 1. The summed E-state index contributed by atoms with van der Waals surface area (Å²) in [5.41, 5.74) is -0.0536. The van der Waals surface area contributed by atoms with Crippen LogP contribution in [0.2, 0.25) is 0 Å². The third-order valence-electron chi connectivity index (χ3n) is 7.28. The molecule has 0 radical (unpaired) electrons. The highest BCUT2D eigenvalue weighted by molar-refractivity contribution is 6.00. The Morgan fingerprint density at radius 3 is 2.81 bits per heavy atom. The van der Waals surface area contributed by atoms with E-state index in [1.165, 1.54) is 6.20 Å². The first-order valence-electron chi connectivity index (χ1n) is 12.5. The van der Waals surface area contributed by atoms with Crippen LogP contribution in [0.1, 0.15) is 61.8 Å². The fraction of sp³-hybridized carbons (Fsp3) is 0.520. The van der Waals surface area contributed by atoms with Crippen molar-refractivity contribution in [1.29, 1.82) is 0 Å². The largest absolute Gasteiger partial charge is 0.388 e. The Kier molecular flexibility index (Phi) is 6.67. The monoisotopic (exact) mass is 495 g/mol. The quantitative estimate of drug-likeness (QED) is 0.410. The van der Waals surface area contributed by atoms with Crippen molar-refractivity contribution in [2.24, 2.45) is 0 Å². The number of carbonyl (C=O) groups excluding carboxylic acids is 1. The minimum Gasteiger partial charge on any atom is -0.388 e. The topological polar surface area (TPSA) is 135 Å². The third kappa shape index (κ3) is 4.68. The van der Waals surface area contributed by atoms with E-state index in [2.05, 4.69) is 26.0 Å². The number of nitrogens with zero attached hydrogens (tertiary/aromatic N) is 4. The summed E-state index contributed by atoms with van der Waals surface area (Å²) in [5, 5.41) is 24.3. The molecule has 1 amide bonds. The van der Waals surface area contributed by atoms with Crippen molar-refractivity contribution in [2.75, 3.05) is 30.9 Å². The van der Waals surface area contributed by atoms with Gasteiger partial charge in [-0.15, -0.1) is 0 Å². The molecule has 3 aromatic rings. The molecule has 0 spiro atoms. The van der Waals surface area contributed by atoms with Crippen LogP contribution in [0.3, 0.4) is 0 Å². The lowest BCUT2D eigenvalue weighted by atomic mass is 9.81. The van der Waals surface area contributed by atoms with Gasteiger partial charge in [0.05, 0.1) is 17.8 Å². The number of aliphatic hydroxyl groups is 1. The zero-order valence-corrected chi connectivity index (χ0v) is 20.7. The minimum absolute atomic E-state index is 0.0958. The van der Waals surface area contributed by atoms with Crippen molar-refractivity contribution in [1.82, 2.24) is 24.5 Å². The van der Waals surface area contributed by atoms with Gasteiger partial charge >= 0.3 is 0 Å². The number of pyridine rings is 1. The number of carbonyl (C=O) groups is 1. The number of aromatic nitrogens is 4. The van der Waals surface area contributed by atoms with Crippen LogP contribution in [0.15, 0.2) is 35.4 Å². The molecule has 4 heterocycles. The smallest absolute Gasteiger partial charge is 0.274 e. The van der Waals surface area contributed by atoms with E-state index >= 15 is 0 Å². The molecule has 1 saturated heterocycles. The summed E-state index contributed by atoms with van der Waals surface area (Å²) in [6.07, 6.45) is 8.11. The fourth-order valence-electron chi connectivity index (χ4n) is 5.14. The second kappa shape index (κ2) is 9.90. The zero-order valence-electron chi connectivity index (χ0n) is 20.7. The highest BCUT2D eigenvalue weighted by Crippen LogP contribution is 2.29. The van der Waals surface area contributed by atoms with Crippen LogP contribution in [0.5, 0.6) is 0 Å². The van der Waals surface area contributed by atoms with E-state index in [1.807, 2.05) is 6.07 Å². The molecular formula is C25H33N7O4. The Balaban J connectivity index is 1.45. The molecule has 0 unspecified atom stereocenters. The van der Waals surface area contributed by atoms with E-state index < -0.39 is 5.60 Å². The molecule has 3 aromatic heterocycles. The average molecular weight is 496 g/mol. The number of nitrogens with one attached hydrogen (secondary N) is 3. The molecule has 0 aromatic carbocycles. The van der Waals surface area contributed by atoms with Gasteiger partial charge in [0.2, 0.25) is 0 Å². The molecule has 1 saturated carbocycles. The van der Waals surface area contributed by atoms with E-state index in [4.69, 9.17) is 4.74 Å². The van der Waals surface area contributed by atoms with Gasteiger partial charge in [0.25, 0.3) is 11.5 Å². The Labute approximate surface area is 208 Å². The van der Waals surface area contributed by atoms with Crippen LogP contribution in [0.25, 0.3) is 5.65 Å². The van der Waals surface area contributed by atoms with Gasteiger partial charge in [-0.1, -0.05) is 12.8 Å². The minimum atomic E-state index is -0.954. The highest BCUT2D eigenvalue weighted by Gasteiger charge is 2.36. The number of rotatable bonds is 6. The van der Waals surface area contributed by atoms with Crippen LogP contribution in [0, 0.1) is 0 Å². The second-order valence-corrected chi connectivity index (χ2v) is 9.80. The molecule has 1 aliphatic carbocycles. The Bertz CT molecular complexity index is 1310. The third-order valence-corrected chi connectivity index (χ3v) is 7.28. The van der Waals surface area contributed by atoms with Crippen LogP contribution in [-0.2, 0) is 4.74 Å². The summed E-state index contributed by atoms with van der Waals surface area (Å²) in [4.78, 5) is 31.0. The average Bonchev–Trinajstić information content (AvgIpc) is 3.31. The van der Waals surface area contributed by atoms with E-state index in [0.717, 1.165) is 25.7 Å². The number of hydrogen-bond donors (Lipinski definition) is 4. The van der Waals surface area contributed by atoms with Gasteiger partial charge < -0.3 is 30.4 Å². The van der Waals surface area contributed by atoms with Crippen molar-refractivity contribution < 1.29 is 14.6 Å². The molecule has 1 aliphatic heterocycles. The summed E-state index contributed by atoms with van der Waals surface area (Å²) >= 11 is 0. The Hall–Kier alpha value is -3.44. The second-order valence-electron chi connectivity index (χ2n) is 9.80. The normalized spacial score (nSPS) is 22.9. The number of fused-ring (bicyclic) bond motifs is 1. The molecule has 2 fully saturated rings. The number of anilines is 3. The highest BCUT2D eigenvalue weighted by atomic mass is 16.5. The van der Waals surface area contributed by atoms with Gasteiger partial charge in [-0.25, -0.2) is 4.98 Å². The lowest BCUT2D eigenvalue weighted by Crippen LogP contribution is -2.52. The SMILES string of the molecule is CNc1cc(Nc2cccn(C3CCOCC3)c2=O)nc2c(C(=O)N[C@H]3CCCC[C@]3(C)O)cnn12. The van der Waals surface area contributed by atoms with Crippen molar-refractivity contribution in [2.45, 2.75) is 63.1 Å². The van der Waals surface area contributed by atoms with Gasteiger partial charge in [-0.2, -0.15) is 9.61 Å². The van der Waals surface area contributed by atoms with Crippen LogP contribution >= 0.6 is 0 Å². The molecule has 0 bridgehead atoms. The summed E-state index contributed by atoms with van der Waals surface area (Å²) in [6.45, 7) is 3.04. The van der Waals surface area contributed by atoms with Gasteiger partial charge in [0, 0.05) is 38.6 Å². The van der Waals surface area contributed by atoms with Gasteiger partial charge in [-0.05, 0) is 44.7 Å². The maximum absolute atomic E-state index is 13.2. The standard InChI is InChI=1S/C25H33N7O4/c1-25(35)10-4-3-7-19(25)29-23(33)17-15-27-32-21(26-2)14-20(30-22(17)32)28-18-6-5-11-31(24(18)34)16-8-12-36-13-9-16/h5-6,11,14-16,19,26,35H,3-4,7-10,12-13H2,1-2H3,(H,28,30)(H,29,33)/t19-,25-/m0/s1. The van der Waals surface area contributed by atoms with Crippen LogP contribution in [-0.4, -0.2) is 62.1 Å². The van der Waals surface area contributed by atoms with E-state index in [9.17, 15) is 14.7 Å². The molecule has 2 aliphatic rings. The molecule has 5 rings (SSSR count). The first kappa shape index (κ1) is 24.3. The summed E-state index contributed by atoms with van der Waals surface area (Å²) in [5.74, 6) is 0.672. The summed E-state index contributed by atoms with van der Waals surface area (Å²) in [7, 11) is 1.75. The first-order chi connectivity index (χ1) is 17.4. The predicted molar refractivity (Wildman–Crippen MR) is 136 cm³/mol. The summed E-state index contributed by atoms with van der Waals surface area (Å²) in [6, 6.07) is 5.05. The van der Waals surface area contributed by atoms with Crippen molar-refractivity contribution >= 4 is 28.9 Å². The van der Waals surface area contributed by atoms with Crippen molar-refractivity contribution in [3.8, 4) is 0 Å². The van der Waals surface area contributed by atoms with Gasteiger partial charge in [0.1, 0.15) is 22.9 Å². The molecule has 36 heavy (non-hydrogen) atoms. The predicted octanol–water partition coefficient (Wildman–Crippen LogP) is 2.45. The molecule has 11 heteroatoms. The number of ether oxygens (including phenoxy) is 1. The van der Waals surface area contributed by atoms with Crippen LogP contribution in [0.4, 0.5) is 17.3 Å². The molecule has 2 atom stereocenters. The van der Waals surface area contributed by atoms with Crippen molar-refractivity contribution in [3.63, 3.8) is 0 Å². The Morgan fingerprint density at radius 2 is 2.06 bits per heavy atom. The van der Waals surface area contributed by atoms with E-state index in [0.29, 0.717) is 54.6 Å². The maximum atomic E-state index is 13.2. The van der Waals surface area contributed by atoms with Crippen LogP contribution < -0.4 is 21.5 Å². The van der Waals surface area contributed by atoms with Crippen molar-refractivity contribution in [3.05, 3.63) is 46.5 Å². The molecule has 4 N–H and O–H groups in total. The number of hydrogen-bond acceptors (Lipinski definition) is 8. The van der Waals surface area contributed by atoms with Gasteiger partial charge in [-0.3, -0.25) is 9.59 Å². The molecule has 11 nitrogen and oxygen atoms in total. The maximum Gasteiger partial charge on any atom is 0.274 e. The zero-order chi connectivity index (χ0) is 25.3. The van der Waals surface area contributed by atoms with E-state index in [-0.39, 0.29) is 23.6 Å².